The van der Waals surface area contributed by atoms with Crippen LogP contribution in [0.4, 0.5) is 0 Å². The molecule has 0 spiro atoms. The molecule has 0 radical (unpaired) electrons. The van der Waals surface area contributed by atoms with Crippen molar-refractivity contribution in [3.63, 3.8) is 0 Å². The van der Waals surface area contributed by atoms with Gasteiger partial charge in [-0.1, -0.05) is 0 Å². The van der Waals surface area contributed by atoms with E-state index < -0.39 is 0 Å². The van der Waals surface area contributed by atoms with Crippen molar-refractivity contribution in [3.8, 4) is 21.8 Å². The molecule has 16 heavy (non-hydrogen) atoms. The summed E-state index contributed by atoms with van der Waals surface area (Å²) in [4.78, 5) is 4.47. The highest BCUT2D eigenvalue weighted by Gasteiger charge is 2.12. The number of hydrogen-bond donors (Lipinski definition) is 1. The van der Waals surface area contributed by atoms with Crippen molar-refractivity contribution in [2.75, 3.05) is 0 Å². The molecule has 3 nitrogen and oxygen atoms in total. The molecule has 5 heteroatoms. The van der Waals surface area contributed by atoms with E-state index in [0.29, 0.717) is 0 Å². The minimum atomic E-state index is 0.996. The molecule has 3 aromatic heterocycles. The summed E-state index contributed by atoms with van der Waals surface area (Å²) in [5.41, 5.74) is 4.37. The van der Waals surface area contributed by atoms with Gasteiger partial charge in [0.1, 0.15) is 10.7 Å². The first kappa shape index (κ1) is 9.74. The Morgan fingerprint density at radius 3 is 2.94 bits per heavy atom. The largest absolute Gasteiger partial charge is 0.275 e. The Morgan fingerprint density at radius 1 is 1.31 bits per heavy atom. The first-order valence-corrected chi connectivity index (χ1v) is 6.65. The fraction of sp³-hybridized carbons (Fsp3) is 0.0909. The molecule has 0 aliphatic heterocycles. The molecule has 0 bridgehead atoms. The topological polar surface area (TPSA) is 41.6 Å². The van der Waals surface area contributed by atoms with Gasteiger partial charge in [0.2, 0.25) is 0 Å². The first-order chi connectivity index (χ1) is 7.84. The van der Waals surface area contributed by atoms with Gasteiger partial charge >= 0.3 is 0 Å². The number of aryl methyl sites for hydroxylation is 1. The maximum atomic E-state index is 4.47. The summed E-state index contributed by atoms with van der Waals surface area (Å²) in [6.07, 6.45) is 1.86. The third kappa shape index (κ3) is 1.58. The van der Waals surface area contributed by atoms with Gasteiger partial charge in [-0.3, -0.25) is 5.10 Å². The second-order valence-corrected chi connectivity index (χ2v) is 5.10. The first-order valence-electron chi connectivity index (χ1n) is 4.83. The average Bonchev–Trinajstić information content (AvgIpc) is 2.96. The normalized spacial score (nSPS) is 10.8. The van der Waals surface area contributed by atoms with Gasteiger partial charge in [0, 0.05) is 16.6 Å². The summed E-state index contributed by atoms with van der Waals surface area (Å²) in [6.45, 7) is 2.00. The number of H-pyrrole nitrogens is 1. The van der Waals surface area contributed by atoms with Crippen molar-refractivity contribution in [3.05, 3.63) is 34.1 Å². The number of hydrogen-bond acceptors (Lipinski definition) is 4. The molecule has 3 aromatic rings. The van der Waals surface area contributed by atoms with E-state index in [4.69, 9.17) is 0 Å². The maximum absolute atomic E-state index is 4.47. The summed E-state index contributed by atoms with van der Waals surface area (Å²) in [6, 6.07) is 2.10. The number of thiophene rings is 1. The Labute approximate surface area is 101 Å². The van der Waals surface area contributed by atoms with Crippen molar-refractivity contribution in [2.45, 2.75) is 6.92 Å². The van der Waals surface area contributed by atoms with Crippen LogP contribution in [0, 0.1) is 6.92 Å². The second kappa shape index (κ2) is 3.84. The Bertz CT molecular complexity index is 592. The molecule has 0 saturated heterocycles. The molecule has 3 heterocycles. The predicted molar refractivity (Wildman–Crippen MR) is 67.7 cm³/mol. The lowest BCUT2D eigenvalue weighted by atomic mass is 10.1. The van der Waals surface area contributed by atoms with Crippen LogP contribution in [-0.2, 0) is 0 Å². The van der Waals surface area contributed by atoms with Crippen LogP contribution in [0.1, 0.15) is 5.69 Å². The van der Waals surface area contributed by atoms with Crippen molar-refractivity contribution in [1.29, 1.82) is 0 Å². The highest BCUT2D eigenvalue weighted by Crippen LogP contribution is 2.32. The minimum Gasteiger partial charge on any atom is -0.275 e. The molecule has 0 amide bonds. The summed E-state index contributed by atoms with van der Waals surface area (Å²) < 4.78 is 0. The van der Waals surface area contributed by atoms with Crippen LogP contribution in [0.2, 0.25) is 0 Å². The standard InChI is InChI=1S/C11H9N3S2/c1-7-5-16-11(13-7)10-9(4-12-14-10)8-2-3-15-6-8/h2-6H,1H3,(H,12,14). The minimum absolute atomic E-state index is 0.996. The fourth-order valence-electron chi connectivity index (χ4n) is 1.55. The van der Waals surface area contributed by atoms with Crippen LogP contribution in [0.25, 0.3) is 21.8 Å². The molecule has 0 aliphatic carbocycles. The Hall–Kier alpha value is -1.46. The zero-order valence-electron chi connectivity index (χ0n) is 8.60. The van der Waals surface area contributed by atoms with Gasteiger partial charge in [-0.05, 0) is 29.3 Å². The van der Waals surface area contributed by atoms with Gasteiger partial charge in [-0.25, -0.2) is 4.98 Å². The summed E-state index contributed by atoms with van der Waals surface area (Å²) in [5.74, 6) is 0. The molecular formula is C11H9N3S2. The molecule has 0 aromatic carbocycles. The van der Waals surface area contributed by atoms with Crippen molar-refractivity contribution >= 4 is 22.7 Å². The smallest absolute Gasteiger partial charge is 0.142 e. The van der Waals surface area contributed by atoms with Gasteiger partial charge in [0.05, 0.1) is 6.20 Å². The van der Waals surface area contributed by atoms with Crippen LogP contribution in [0.15, 0.2) is 28.4 Å². The van der Waals surface area contributed by atoms with E-state index in [1.165, 1.54) is 5.56 Å². The molecular weight excluding hydrogens is 238 g/mol. The van der Waals surface area contributed by atoms with E-state index in [1.54, 1.807) is 22.7 Å². The van der Waals surface area contributed by atoms with Gasteiger partial charge < -0.3 is 0 Å². The highest BCUT2D eigenvalue weighted by molar-refractivity contribution is 7.13. The summed E-state index contributed by atoms with van der Waals surface area (Å²) >= 11 is 3.33. The molecule has 80 valence electrons. The van der Waals surface area contributed by atoms with E-state index in [2.05, 4.69) is 32.0 Å². The number of nitrogens with one attached hydrogen (secondary N) is 1. The molecule has 1 N–H and O–H groups in total. The molecule has 0 saturated carbocycles. The quantitative estimate of drug-likeness (QED) is 0.752. The maximum Gasteiger partial charge on any atom is 0.142 e. The second-order valence-electron chi connectivity index (χ2n) is 3.46. The Morgan fingerprint density at radius 2 is 2.25 bits per heavy atom. The van der Waals surface area contributed by atoms with Crippen LogP contribution >= 0.6 is 22.7 Å². The zero-order valence-corrected chi connectivity index (χ0v) is 10.2. The number of aromatic amines is 1. The zero-order chi connectivity index (χ0) is 11.0. The highest BCUT2D eigenvalue weighted by atomic mass is 32.1. The molecule has 3 rings (SSSR count). The molecule has 0 fully saturated rings. The van der Waals surface area contributed by atoms with Crippen LogP contribution in [0.5, 0.6) is 0 Å². The summed E-state index contributed by atoms with van der Waals surface area (Å²) in [7, 11) is 0. The lowest BCUT2D eigenvalue weighted by Crippen LogP contribution is -1.80. The summed E-state index contributed by atoms with van der Waals surface area (Å²) in [5, 5.41) is 14.4. The van der Waals surface area contributed by atoms with Gasteiger partial charge in [0.15, 0.2) is 0 Å². The number of thiazole rings is 1. The Balaban J connectivity index is 2.13. The van der Waals surface area contributed by atoms with Crippen molar-refractivity contribution in [1.82, 2.24) is 15.2 Å². The lowest BCUT2D eigenvalue weighted by molar-refractivity contribution is 1.09. The van der Waals surface area contributed by atoms with E-state index >= 15 is 0 Å². The number of nitrogens with zero attached hydrogens (tertiary/aromatic N) is 2. The van der Waals surface area contributed by atoms with Crippen LogP contribution in [-0.4, -0.2) is 15.2 Å². The van der Waals surface area contributed by atoms with E-state index in [1.807, 2.05) is 18.5 Å². The average molecular weight is 247 g/mol. The van der Waals surface area contributed by atoms with Crippen molar-refractivity contribution < 1.29 is 0 Å². The lowest BCUT2D eigenvalue weighted by Gasteiger charge is -1.96. The Kier molecular flexibility index (Phi) is 2.34. The van der Waals surface area contributed by atoms with Crippen LogP contribution in [0.3, 0.4) is 0 Å². The molecule has 0 aliphatic rings. The number of aromatic nitrogens is 3. The fourth-order valence-corrected chi connectivity index (χ4v) is 3.02. The monoisotopic (exact) mass is 247 g/mol. The van der Waals surface area contributed by atoms with E-state index in [9.17, 15) is 0 Å². The molecule has 0 atom stereocenters. The third-order valence-electron chi connectivity index (χ3n) is 2.30. The van der Waals surface area contributed by atoms with E-state index in [0.717, 1.165) is 22.0 Å². The third-order valence-corrected chi connectivity index (χ3v) is 3.97. The SMILES string of the molecule is Cc1csc(-c2[nH]ncc2-c2ccsc2)n1. The van der Waals surface area contributed by atoms with Gasteiger partial charge in [0.25, 0.3) is 0 Å². The van der Waals surface area contributed by atoms with Crippen LogP contribution < -0.4 is 0 Å². The van der Waals surface area contributed by atoms with E-state index in [-0.39, 0.29) is 0 Å². The van der Waals surface area contributed by atoms with Crippen molar-refractivity contribution in [2.24, 2.45) is 0 Å². The van der Waals surface area contributed by atoms with Gasteiger partial charge in [-0.15, -0.1) is 11.3 Å². The van der Waals surface area contributed by atoms with Gasteiger partial charge in [-0.2, -0.15) is 16.4 Å². The molecule has 0 unspecified atom stereocenters. The number of rotatable bonds is 2. The predicted octanol–water partition coefficient (Wildman–Crippen LogP) is 3.57.